The standard InChI is InChI=1S/C7H11NO3/c1-2-6(8)7(9)11-4-5-3-10-5/h5,8H,2-4H2,1H3. The van der Waals surface area contributed by atoms with Crippen molar-refractivity contribution in [3.8, 4) is 0 Å². The van der Waals surface area contributed by atoms with Crippen LogP contribution >= 0.6 is 0 Å². The fraction of sp³-hybridized carbons (Fsp3) is 0.714. The number of nitrogens with one attached hydrogen (secondary N) is 1. The van der Waals surface area contributed by atoms with Crippen LogP contribution in [0.4, 0.5) is 0 Å². The summed E-state index contributed by atoms with van der Waals surface area (Å²) in [5.74, 6) is -0.525. The highest BCUT2D eigenvalue weighted by Gasteiger charge is 2.24. The molecule has 1 N–H and O–H groups in total. The number of carbonyl (C=O) groups is 1. The summed E-state index contributed by atoms with van der Waals surface area (Å²) in [5.41, 5.74) is 0.0191. The summed E-state index contributed by atoms with van der Waals surface area (Å²) in [6.07, 6.45) is 0.508. The summed E-state index contributed by atoms with van der Waals surface area (Å²) in [4.78, 5) is 10.8. The van der Waals surface area contributed by atoms with E-state index >= 15 is 0 Å². The van der Waals surface area contributed by atoms with Crippen molar-refractivity contribution in [2.45, 2.75) is 19.4 Å². The van der Waals surface area contributed by atoms with Crippen LogP contribution < -0.4 is 0 Å². The highest BCUT2D eigenvalue weighted by atomic mass is 16.6. The van der Waals surface area contributed by atoms with Gasteiger partial charge < -0.3 is 9.47 Å². The summed E-state index contributed by atoms with van der Waals surface area (Å²) >= 11 is 0. The SMILES string of the molecule is CCC(=N)C(=O)OCC1CO1. The Balaban J connectivity index is 2.13. The molecule has 1 saturated heterocycles. The Morgan fingerprint density at radius 3 is 2.91 bits per heavy atom. The fourth-order valence-corrected chi connectivity index (χ4v) is 0.564. The molecule has 0 amide bonds. The predicted octanol–water partition coefficient (Wildman–Crippen LogP) is 0.358. The zero-order chi connectivity index (χ0) is 8.27. The first kappa shape index (κ1) is 8.20. The van der Waals surface area contributed by atoms with Crippen molar-refractivity contribution in [3.63, 3.8) is 0 Å². The maximum Gasteiger partial charge on any atom is 0.352 e. The highest BCUT2D eigenvalue weighted by Crippen LogP contribution is 2.08. The predicted molar refractivity (Wildman–Crippen MR) is 38.7 cm³/mol. The number of rotatable bonds is 4. The first-order valence-electron chi connectivity index (χ1n) is 3.60. The van der Waals surface area contributed by atoms with Crippen LogP contribution in [0.25, 0.3) is 0 Å². The van der Waals surface area contributed by atoms with Crippen LogP contribution in [0.2, 0.25) is 0 Å². The van der Waals surface area contributed by atoms with Crippen molar-refractivity contribution in [1.82, 2.24) is 0 Å². The van der Waals surface area contributed by atoms with E-state index in [1.165, 1.54) is 0 Å². The molecule has 0 aromatic heterocycles. The smallest absolute Gasteiger partial charge is 0.352 e. The monoisotopic (exact) mass is 157 g/mol. The second-order valence-corrected chi connectivity index (χ2v) is 2.39. The second-order valence-electron chi connectivity index (χ2n) is 2.39. The Kier molecular flexibility index (Phi) is 2.59. The number of carbonyl (C=O) groups excluding carboxylic acids is 1. The van der Waals surface area contributed by atoms with Crippen LogP contribution in [0.15, 0.2) is 0 Å². The Morgan fingerprint density at radius 1 is 1.82 bits per heavy atom. The van der Waals surface area contributed by atoms with E-state index in [0.29, 0.717) is 19.6 Å². The van der Waals surface area contributed by atoms with Crippen LogP contribution in [0.1, 0.15) is 13.3 Å². The van der Waals surface area contributed by atoms with Gasteiger partial charge in [0.15, 0.2) is 0 Å². The van der Waals surface area contributed by atoms with Crippen molar-refractivity contribution in [2.75, 3.05) is 13.2 Å². The average Bonchev–Trinajstić information content (AvgIpc) is 2.81. The maximum absolute atomic E-state index is 10.8. The largest absolute Gasteiger partial charge is 0.458 e. The first-order valence-corrected chi connectivity index (χ1v) is 3.60. The van der Waals surface area contributed by atoms with Gasteiger partial charge >= 0.3 is 5.97 Å². The van der Waals surface area contributed by atoms with Crippen molar-refractivity contribution in [2.24, 2.45) is 0 Å². The third-order valence-corrected chi connectivity index (χ3v) is 1.40. The first-order chi connectivity index (χ1) is 5.24. The molecule has 1 heterocycles. The molecule has 11 heavy (non-hydrogen) atoms. The summed E-state index contributed by atoms with van der Waals surface area (Å²) < 4.78 is 9.55. The highest BCUT2D eigenvalue weighted by molar-refractivity contribution is 6.34. The van der Waals surface area contributed by atoms with Gasteiger partial charge in [-0.15, -0.1) is 0 Å². The van der Waals surface area contributed by atoms with E-state index in [-0.39, 0.29) is 11.8 Å². The number of ether oxygens (including phenoxy) is 2. The Bertz CT molecular complexity index is 175. The van der Waals surface area contributed by atoms with Crippen LogP contribution in [0, 0.1) is 5.41 Å². The minimum absolute atomic E-state index is 0.0191. The molecule has 1 aliphatic rings. The molecule has 1 unspecified atom stereocenters. The van der Waals surface area contributed by atoms with Crippen LogP contribution in [0.3, 0.4) is 0 Å². The van der Waals surface area contributed by atoms with Gasteiger partial charge in [0.1, 0.15) is 18.4 Å². The van der Waals surface area contributed by atoms with Gasteiger partial charge in [-0.2, -0.15) is 0 Å². The van der Waals surface area contributed by atoms with Gasteiger partial charge in [0.2, 0.25) is 0 Å². The number of hydrogen-bond donors (Lipinski definition) is 1. The van der Waals surface area contributed by atoms with E-state index in [1.54, 1.807) is 6.92 Å². The molecule has 0 aromatic rings. The quantitative estimate of drug-likeness (QED) is 0.364. The molecule has 1 fully saturated rings. The minimum Gasteiger partial charge on any atom is -0.458 e. The second kappa shape index (κ2) is 3.48. The van der Waals surface area contributed by atoms with Gasteiger partial charge in [-0.05, 0) is 6.42 Å². The Hall–Kier alpha value is -0.900. The lowest BCUT2D eigenvalue weighted by Gasteiger charge is -2.00. The van der Waals surface area contributed by atoms with E-state index in [1.807, 2.05) is 0 Å². The van der Waals surface area contributed by atoms with Gasteiger partial charge in [-0.25, -0.2) is 4.79 Å². The summed E-state index contributed by atoms with van der Waals surface area (Å²) in [7, 11) is 0. The van der Waals surface area contributed by atoms with Gasteiger partial charge in [-0.1, -0.05) is 6.92 Å². The van der Waals surface area contributed by atoms with Crippen molar-refractivity contribution >= 4 is 11.7 Å². The Labute approximate surface area is 65.0 Å². The molecule has 0 aromatic carbocycles. The van der Waals surface area contributed by atoms with Crippen LogP contribution in [-0.4, -0.2) is 31.0 Å². The molecule has 0 radical (unpaired) electrons. The number of epoxide rings is 1. The number of esters is 1. The summed E-state index contributed by atoms with van der Waals surface area (Å²) in [5, 5.41) is 7.09. The summed E-state index contributed by atoms with van der Waals surface area (Å²) in [6.45, 7) is 2.71. The third kappa shape index (κ3) is 2.67. The molecular weight excluding hydrogens is 146 g/mol. The van der Waals surface area contributed by atoms with Crippen LogP contribution in [0.5, 0.6) is 0 Å². The van der Waals surface area contributed by atoms with Crippen molar-refractivity contribution in [3.05, 3.63) is 0 Å². The zero-order valence-electron chi connectivity index (χ0n) is 6.42. The lowest BCUT2D eigenvalue weighted by molar-refractivity contribution is -0.136. The van der Waals surface area contributed by atoms with E-state index in [9.17, 15) is 4.79 Å². The van der Waals surface area contributed by atoms with E-state index in [0.717, 1.165) is 0 Å². The van der Waals surface area contributed by atoms with Crippen molar-refractivity contribution < 1.29 is 14.3 Å². The normalized spacial score (nSPS) is 21.0. The van der Waals surface area contributed by atoms with Gasteiger partial charge in [0.25, 0.3) is 0 Å². The molecule has 0 spiro atoms. The average molecular weight is 157 g/mol. The van der Waals surface area contributed by atoms with E-state index < -0.39 is 5.97 Å². The van der Waals surface area contributed by atoms with E-state index in [2.05, 4.69) is 0 Å². The van der Waals surface area contributed by atoms with Gasteiger partial charge in [-0.3, -0.25) is 5.41 Å². The molecule has 0 saturated carbocycles. The third-order valence-electron chi connectivity index (χ3n) is 1.40. The maximum atomic E-state index is 10.8. The molecule has 0 bridgehead atoms. The molecule has 1 aliphatic heterocycles. The molecule has 62 valence electrons. The molecule has 0 aliphatic carbocycles. The molecular formula is C7H11NO3. The summed E-state index contributed by atoms with van der Waals surface area (Å²) in [6, 6.07) is 0. The van der Waals surface area contributed by atoms with Crippen molar-refractivity contribution in [1.29, 1.82) is 5.41 Å². The molecule has 4 nitrogen and oxygen atoms in total. The fourth-order valence-electron chi connectivity index (χ4n) is 0.564. The zero-order valence-corrected chi connectivity index (χ0v) is 6.42. The number of hydrogen-bond acceptors (Lipinski definition) is 4. The lowest BCUT2D eigenvalue weighted by Crippen LogP contribution is -2.18. The lowest BCUT2D eigenvalue weighted by atomic mass is 10.3. The Morgan fingerprint density at radius 2 is 2.45 bits per heavy atom. The van der Waals surface area contributed by atoms with Gasteiger partial charge in [0.05, 0.1) is 6.61 Å². The molecule has 4 heteroatoms. The van der Waals surface area contributed by atoms with Gasteiger partial charge in [0, 0.05) is 0 Å². The van der Waals surface area contributed by atoms with Crippen LogP contribution in [-0.2, 0) is 14.3 Å². The minimum atomic E-state index is -0.525. The topological polar surface area (TPSA) is 62.7 Å². The van der Waals surface area contributed by atoms with E-state index in [4.69, 9.17) is 14.9 Å². The molecule has 1 rings (SSSR count). The molecule has 1 atom stereocenters.